The Balaban J connectivity index is 1.89. The third-order valence-corrected chi connectivity index (χ3v) is 6.56. The van der Waals surface area contributed by atoms with E-state index >= 15 is 0 Å². The van der Waals surface area contributed by atoms with Crippen molar-refractivity contribution in [3.63, 3.8) is 0 Å². The molecule has 9 heteroatoms. The average Bonchev–Trinajstić information content (AvgIpc) is 2.98. The molecule has 2 aromatic carbocycles. The minimum Gasteiger partial charge on any atom is -0.342 e. The number of benzene rings is 2. The Labute approximate surface area is 176 Å². The normalized spacial score (nSPS) is 22.9. The molecule has 2 aromatic rings. The summed E-state index contributed by atoms with van der Waals surface area (Å²) in [5.74, 6) is -1.10. The van der Waals surface area contributed by atoms with Gasteiger partial charge in [0.2, 0.25) is 5.79 Å². The maximum atomic E-state index is 11.7. The standard InChI is InChI=1S/C18H17BrCl2O5S/c1-11-2-5-17(27(22,23)24)12(6-11)7-14-9-25-18(10-19,26-14)15-4-3-13(20)8-16(15)21/h2-6,8,14H,7,9-10H2,1H3,(H,22,23,24)/t14-,18+/m1/s1. The Hall–Kier alpha value is -0.670. The number of hydrogen-bond donors (Lipinski definition) is 1. The summed E-state index contributed by atoms with van der Waals surface area (Å²) in [7, 11) is -4.33. The number of alkyl halides is 1. The number of ether oxygens (including phenoxy) is 2. The molecule has 1 heterocycles. The molecular formula is C18H17BrCl2O5S. The highest BCUT2D eigenvalue weighted by atomic mass is 79.9. The number of aryl methyl sites for hydroxylation is 1. The molecule has 1 fully saturated rings. The van der Waals surface area contributed by atoms with Gasteiger partial charge in [0.05, 0.1) is 28.0 Å². The number of rotatable bonds is 5. The predicted octanol–water partition coefficient (Wildman–Crippen LogP) is 4.75. The van der Waals surface area contributed by atoms with Gasteiger partial charge in [0.1, 0.15) is 0 Å². The fourth-order valence-corrected chi connectivity index (χ4v) is 4.97. The second-order valence-corrected chi connectivity index (χ2v) is 9.15. The fraction of sp³-hybridized carbons (Fsp3) is 0.333. The van der Waals surface area contributed by atoms with Crippen LogP contribution in [0.4, 0.5) is 0 Å². The highest BCUT2D eigenvalue weighted by Crippen LogP contribution is 2.41. The van der Waals surface area contributed by atoms with Crippen LogP contribution in [-0.4, -0.2) is 31.0 Å². The molecule has 0 saturated carbocycles. The van der Waals surface area contributed by atoms with Gasteiger partial charge in [0.25, 0.3) is 10.1 Å². The SMILES string of the molecule is Cc1ccc(S(=O)(=O)O)c(C[C@@H]2CO[C@](CBr)(c3ccc(Cl)cc3Cl)O2)c1. The summed E-state index contributed by atoms with van der Waals surface area (Å²) in [5, 5.41) is 1.24. The van der Waals surface area contributed by atoms with Crippen LogP contribution in [0.5, 0.6) is 0 Å². The summed E-state index contributed by atoms with van der Waals surface area (Å²) in [6.45, 7) is 2.09. The maximum absolute atomic E-state index is 11.7. The Morgan fingerprint density at radius 3 is 2.63 bits per heavy atom. The zero-order valence-electron chi connectivity index (χ0n) is 14.3. The van der Waals surface area contributed by atoms with Crippen LogP contribution < -0.4 is 0 Å². The molecule has 0 bridgehead atoms. The van der Waals surface area contributed by atoms with Crippen LogP contribution in [0, 0.1) is 6.92 Å². The molecule has 3 rings (SSSR count). The van der Waals surface area contributed by atoms with Gasteiger partial charge >= 0.3 is 0 Å². The van der Waals surface area contributed by atoms with Crippen molar-refractivity contribution in [1.82, 2.24) is 0 Å². The molecule has 0 amide bonds. The van der Waals surface area contributed by atoms with Gasteiger partial charge in [-0.2, -0.15) is 8.42 Å². The Morgan fingerprint density at radius 2 is 2.00 bits per heavy atom. The number of hydrogen-bond acceptors (Lipinski definition) is 4. The van der Waals surface area contributed by atoms with Crippen molar-refractivity contribution in [1.29, 1.82) is 0 Å². The molecule has 5 nitrogen and oxygen atoms in total. The largest absolute Gasteiger partial charge is 0.342 e. The first kappa shape index (κ1) is 21.0. The maximum Gasteiger partial charge on any atom is 0.294 e. The fourth-order valence-electron chi connectivity index (χ4n) is 3.11. The second kappa shape index (κ2) is 7.99. The van der Waals surface area contributed by atoms with Gasteiger partial charge in [0, 0.05) is 17.0 Å². The molecule has 0 radical (unpaired) electrons. The molecule has 1 saturated heterocycles. The van der Waals surface area contributed by atoms with Gasteiger partial charge in [-0.3, -0.25) is 4.55 Å². The smallest absolute Gasteiger partial charge is 0.294 e. The molecule has 0 unspecified atom stereocenters. The first-order chi connectivity index (χ1) is 12.6. The lowest BCUT2D eigenvalue weighted by molar-refractivity contribution is -0.156. The van der Waals surface area contributed by atoms with Crippen LogP contribution in [-0.2, 0) is 31.8 Å². The molecule has 2 atom stereocenters. The second-order valence-electron chi connectivity index (χ2n) is 6.35. The molecule has 146 valence electrons. The van der Waals surface area contributed by atoms with Crippen LogP contribution in [0.2, 0.25) is 10.0 Å². The summed E-state index contributed by atoms with van der Waals surface area (Å²) < 4.78 is 44.9. The molecule has 27 heavy (non-hydrogen) atoms. The van der Waals surface area contributed by atoms with Gasteiger partial charge < -0.3 is 9.47 Å². The van der Waals surface area contributed by atoms with Crippen molar-refractivity contribution in [3.05, 3.63) is 63.1 Å². The van der Waals surface area contributed by atoms with E-state index in [4.69, 9.17) is 32.7 Å². The molecule has 0 spiro atoms. The third-order valence-electron chi connectivity index (χ3n) is 4.32. The molecular weight excluding hydrogens is 479 g/mol. The first-order valence-electron chi connectivity index (χ1n) is 8.05. The van der Waals surface area contributed by atoms with Crippen LogP contribution in [0.15, 0.2) is 41.3 Å². The average molecular weight is 496 g/mol. The summed E-state index contributed by atoms with van der Waals surface area (Å²) in [5.41, 5.74) is 1.98. The summed E-state index contributed by atoms with van der Waals surface area (Å²) in [4.78, 5) is -0.127. The van der Waals surface area contributed by atoms with E-state index in [2.05, 4.69) is 15.9 Å². The van der Waals surface area contributed by atoms with Crippen molar-refractivity contribution in [2.75, 3.05) is 11.9 Å². The van der Waals surface area contributed by atoms with E-state index in [0.717, 1.165) is 5.56 Å². The predicted molar refractivity (Wildman–Crippen MR) is 107 cm³/mol. The van der Waals surface area contributed by atoms with Crippen molar-refractivity contribution >= 4 is 49.2 Å². The van der Waals surface area contributed by atoms with Crippen molar-refractivity contribution in [2.24, 2.45) is 0 Å². The zero-order valence-corrected chi connectivity index (χ0v) is 18.2. The monoisotopic (exact) mass is 494 g/mol. The van der Waals surface area contributed by atoms with Gasteiger partial charge in [0.15, 0.2) is 0 Å². The quantitative estimate of drug-likeness (QED) is 0.478. The molecule has 0 aliphatic carbocycles. The van der Waals surface area contributed by atoms with E-state index < -0.39 is 22.0 Å². The van der Waals surface area contributed by atoms with Crippen molar-refractivity contribution in [3.8, 4) is 0 Å². The minimum absolute atomic E-state index is 0.127. The lowest BCUT2D eigenvalue weighted by atomic mass is 10.1. The Morgan fingerprint density at radius 1 is 1.26 bits per heavy atom. The lowest BCUT2D eigenvalue weighted by Crippen LogP contribution is -2.31. The van der Waals surface area contributed by atoms with Crippen LogP contribution in [0.1, 0.15) is 16.7 Å². The van der Waals surface area contributed by atoms with Gasteiger partial charge in [-0.25, -0.2) is 0 Å². The van der Waals surface area contributed by atoms with Crippen LogP contribution in [0.3, 0.4) is 0 Å². The summed E-state index contributed by atoms with van der Waals surface area (Å²) in [6, 6.07) is 9.79. The molecule has 1 N–H and O–H groups in total. The van der Waals surface area contributed by atoms with E-state index in [-0.39, 0.29) is 17.9 Å². The van der Waals surface area contributed by atoms with E-state index in [9.17, 15) is 13.0 Å². The van der Waals surface area contributed by atoms with Gasteiger partial charge in [-0.05, 0) is 30.7 Å². The molecule has 1 aliphatic heterocycles. The van der Waals surface area contributed by atoms with Gasteiger partial charge in [-0.15, -0.1) is 0 Å². The molecule has 1 aliphatic rings. The zero-order chi connectivity index (χ0) is 19.8. The van der Waals surface area contributed by atoms with E-state index in [1.54, 1.807) is 30.3 Å². The van der Waals surface area contributed by atoms with Crippen molar-refractivity contribution < 1.29 is 22.4 Å². The first-order valence-corrected chi connectivity index (χ1v) is 11.4. The van der Waals surface area contributed by atoms with E-state index in [1.165, 1.54) is 6.07 Å². The summed E-state index contributed by atoms with van der Waals surface area (Å²) in [6.07, 6.45) is -0.159. The van der Waals surface area contributed by atoms with Gasteiger partial charge in [-0.1, -0.05) is 62.9 Å². The Kier molecular flexibility index (Phi) is 6.23. The highest BCUT2D eigenvalue weighted by Gasteiger charge is 2.44. The van der Waals surface area contributed by atoms with Crippen LogP contribution in [0.25, 0.3) is 0 Å². The molecule has 0 aromatic heterocycles. The van der Waals surface area contributed by atoms with E-state index in [1.807, 2.05) is 6.92 Å². The topological polar surface area (TPSA) is 72.8 Å². The number of halogens is 3. The highest BCUT2D eigenvalue weighted by molar-refractivity contribution is 9.09. The van der Waals surface area contributed by atoms with Crippen LogP contribution >= 0.6 is 39.1 Å². The van der Waals surface area contributed by atoms with E-state index in [0.29, 0.717) is 26.5 Å². The summed E-state index contributed by atoms with van der Waals surface area (Å²) >= 11 is 15.7. The third kappa shape index (κ3) is 4.50. The van der Waals surface area contributed by atoms with Crippen molar-refractivity contribution in [2.45, 2.75) is 30.1 Å². The lowest BCUT2D eigenvalue weighted by Gasteiger charge is -2.27. The Bertz CT molecular complexity index is 966. The minimum atomic E-state index is -4.33.